The summed E-state index contributed by atoms with van der Waals surface area (Å²) >= 11 is 0. The normalized spacial score (nSPS) is 20.1. The predicted octanol–water partition coefficient (Wildman–Crippen LogP) is 1.16. The Morgan fingerprint density at radius 2 is 2.08 bits per heavy atom. The van der Waals surface area contributed by atoms with Gasteiger partial charge in [0.25, 0.3) is 5.91 Å². The average molecular weight is 342 g/mol. The lowest BCUT2D eigenvalue weighted by molar-refractivity contribution is 0.0752. The molecule has 1 amide bonds. The van der Waals surface area contributed by atoms with Crippen molar-refractivity contribution < 1.29 is 9.53 Å². The van der Waals surface area contributed by atoms with E-state index in [4.69, 9.17) is 16.2 Å². The van der Waals surface area contributed by atoms with Crippen molar-refractivity contribution in [3.05, 3.63) is 41.7 Å². The molecule has 0 radical (unpaired) electrons. The Balaban J connectivity index is 1.83. The summed E-state index contributed by atoms with van der Waals surface area (Å²) < 4.78 is 5.34. The third-order valence-corrected chi connectivity index (χ3v) is 4.05. The van der Waals surface area contributed by atoms with E-state index in [1.807, 2.05) is 31.2 Å². The molecule has 132 valence electrons. The van der Waals surface area contributed by atoms with Gasteiger partial charge in [-0.1, -0.05) is 17.7 Å². The molecule has 2 atom stereocenters. The summed E-state index contributed by atoms with van der Waals surface area (Å²) in [6.07, 6.45) is 2.27. The van der Waals surface area contributed by atoms with Crippen molar-refractivity contribution in [1.29, 1.82) is 0 Å². The number of ether oxygens (including phenoxy) is 1. The number of carbonyl (C=O) groups is 1. The van der Waals surface area contributed by atoms with Crippen molar-refractivity contribution in [2.75, 3.05) is 23.8 Å². The van der Waals surface area contributed by atoms with E-state index in [-0.39, 0.29) is 17.8 Å². The van der Waals surface area contributed by atoms with Gasteiger partial charge in [-0.3, -0.25) is 4.79 Å². The number of rotatable bonds is 5. The quantitative estimate of drug-likeness (QED) is 0.641. The Morgan fingerprint density at radius 3 is 2.76 bits per heavy atom. The molecule has 2 aromatic rings. The second-order valence-corrected chi connectivity index (χ2v) is 6.09. The highest BCUT2D eigenvalue weighted by Crippen LogP contribution is 2.21. The molecule has 0 aliphatic carbocycles. The number of hydrogen-bond acceptors (Lipinski definition) is 7. The second kappa shape index (κ2) is 7.45. The molecule has 1 aliphatic rings. The lowest BCUT2D eigenvalue weighted by atomic mass is 10.0. The lowest BCUT2D eigenvalue weighted by Gasteiger charge is -2.29. The molecule has 2 unspecified atom stereocenters. The number of anilines is 3. The standard InChI is InChI=1S/C17H22N6O2/c1-10-2-4-11(5-3-10)21-17-15(16(19)24)20-8-14(23-17)22-13-6-7-25-9-12(13)18/h2-5,8,12-13H,6-7,9,18H2,1H3,(H2,19,24)(H2,21,22,23). The van der Waals surface area contributed by atoms with E-state index in [1.165, 1.54) is 6.20 Å². The van der Waals surface area contributed by atoms with Gasteiger partial charge in [0, 0.05) is 24.4 Å². The monoisotopic (exact) mass is 342 g/mol. The largest absolute Gasteiger partial charge is 0.380 e. The van der Waals surface area contributed by atoms with E-state index in [9.17, 15) is 4.79 Å². The van der Waals surface area contributed by atoms with Crippen molar-refractivity contribution >= 4 is 23.2 Å². The molecule has 0 saturated carbocycles. The van der Waals surface area contributed by atoms with E-state index in [2.05, 4.69) is 20.6 Å². The summed E-state index contributed by atoms with van der Waals surface area (Å²) in [6, 6.07) is 7.63. The van der Waals surface area contributed by atoms with Crippen LogP contribution in [0.5, 0.6) is 0 Å². The van der Waals surface area contributed by atoms with Crippen molar-refractivity contribution in [2.24, 2.45) is 11.5 Å². The van der Waals surface area contributed by atoms with Crippen LogP contribution in [0.3, 0.4) is 0 Å². The molecule has 1 aliphatic heterocycles. The number of benzene rings is 1. The molecule has 0 bridgehead atoms. The molecule has 1 fully saturated rings. The Kier molecular flexibility index (Phi) is 5.11. The first-order chi connectivity index (χ1) is 12.0. The maximum absolute atomic E-state index is 11.6. The number of primary amides is 1. The summed E-state index contributed by atoms with van der Waals surface area (Å²) in [5, 5.41) is 6.36. The zero-order chi connectivity index (χ0) is 17.8. The van der Waals surface area contributed by atoms with Gasteiger partial charge in [0.15, 0.2) is 11.5 Å². The molecular weight excluding hydrogens is 320 g/mol. The first-order valence-electron chi connectivity index (χ1n) is 8.13. The molecular formula is C17H22N6O2. The SMILES string of the molecule is Cc1ccc(Nc2nc(NC3CCOCC3N)cnc2C(N)=O)cc1. The van der Waals surface area contributed by atoms with Crippen molar-refractivity contribution in [1.82, 2.24) is 9.97 Å². The van der Waals surface area contributed by atoms with E-state index in [0.29, 0.717) is 24.8 Å². The van der Waals surface area contributed by atoms with Gasteiger partial charge in [0.1, 0.15) is 5.82 Å². The van der Waals surface area contributed by atoms with E-state index in [1.54, 1.807) is 0 Å². The minimum Gasteiger partial charge on any atom is -0.380 e. The zero-order valence-corrected chi connectivity index (χ0v) is 14.0. The molecule has 8 nitrogen and oxygen atoms in total. The predicted molar refractivity (Wildman–Crippen MR) is 95.8 cm³/mol. The Morgan fingerprint density at radius 1 is 1.32 bits per heavy atom. The van der Waals surface area contributed by atoms with Gasteiger partial charge in [0.2, 0.25) is 0 Å². The summed E-state index contributed by atoms with van der Waals surface area (Å²) in [5.74, 6) is 0.195. The maximum Gasteiger partial charge on any atom is 0.271 e. The van der Waals surface area contributed by atoms with Crippen LogP contribution >= 0.6 is 0 Å². The summed E-state index contributed by atoms with van der Waals surface area (Å²) in [7, 11) is 0. The zero-order valence-electron chi connectivity index (χ0n) is 14.0. The maximum atomic E-state index is 11.6. The smallest absolute Gasteiger partial charge is 0.271 e. The third kappa shape index (κ3) is 4.23. The van der Waals surface area contributed by atoms with E-state index >= 15 is 0 Å². The van der Waals surface area contributed by atoms with Gasteiger partial charge in [-0.2, -0.15) is 0 Å². The summed E-state index contributed by atoms with van der Waals surface area (Å²) in [5.41, 5.74) is 13.5. The molecule has 6 N–H and O–H groups in total. The Bertz CT molecular complexity index is 749. The fourth-order valence-corrected chi connectivity index (χ4v) is 2.63. The number of nitrogens with two attached hydrogens (primary N) is 2. The highest BCUT2D eigenvalue weighted by Gasteiger charge is 2.23. The van der Waals surface area contributed by atoms with Gasteiger partial charge < -0.3 is 26.8 Å². The molecule has 3 rings (SSSR count). The fraction of sp³-hybridized carbons (Fsp3) is 0.353. The summed E-state index contributed by atoms with van der Waals surface area (Å²) in [4.78, 5) is 20.2. The number of aromatic nitrogens is 2. The van der Waals surface area contributed by atoms with Crippen LogP contribution in [0.25, 0.3) is 0 Å². The molecule has 2 heterocycles. The van der Waals surface area contributed by atoms with Gasteiger partial charge in [-0.15, -0.1) is 0 Å². The van der Waals surface area contributed by atoms with Crippen LogP contribution in [0.15, 0.2) is 30.5 Å². The second-order valence-electron chi connectivity index (χ2n) is 6.09. The molecule has 1 aromatic heterocycles. The van der Waals surface area contributed by atoms with Crippen LogP contribution in [0.1, 0.15) is 22.5 Å². The van der Waals surface area contributed by atoms with Crippen molar-refractivity contribution in [3.8, 4) is 0 Å². The third-order valence-electron chi connectivity index (χ3n) is 4.05. The van der Waals surface area contributed by atoms with Crippen LogP contribution in [-0.2, 0) is 4.74 Å². The first kappa shape index (κ1) is 17.1. The minimum atomic E-state index is -0.642. The fourth-order valence-electron chi connectivity index (χ4n) is 2.63. The average Bonchev–Trinajstić information content (AvgIpc) is 2.59. The van der Waals surface area contributed by atoms with Gasteiger partial charge in [-0.25, -0.2) is 9.97 Å². The molecule has 1 saturated heterocycles. The van der Waals surface area contributed by atoms with Crippen LogP contribution in [-0.4, -0.2) is 41.2 Å². The number of aryl methyl sites for hydroxylation is 1. The van der Waals surface area contributed by atoms with Crippen molar-refractivity contribution in [3.63, 3.8) is 0 Å². The van der Waals surface area contributed by atoms with Crippen LogP contribution in [0.2, 0.25) is 0 Å². The number of hydrogen-bond donors (Lipinski definition) is 4. The topological polar surface area (TPSA) is 128 Å². The number of nitrogens with one attached hydrogen (secondary N) is 2. The lowest BCUT2D eigenvalue weighted by Crippen LogP contribution is -2.47. The highest BCUT2D eigenvalue weighted by atomic mass is 16.5. The van der Waals surface area contributed by atoms with Gasteiger partial charge >= 0.3 is 0 Å². The number of amides is 1. The molecule has 25 heavy (non-hydrogen) atoms. The van der Waals surface area contributed by atoms with E-state index in [0.717, 1.165) is 17.7 Å². The molecule has 1 aromatic carbocycles. The van der Waals surface area contributed by atoms with Gasteiger partial charge in [-0.05, 0) is 25.5 Å². The van der Waals surface area contributed by atoms with Crippen LogP contribution in [0, 0.1) is 6.92 Å². The van der Waals surface area contributed by atoms with E-state index < -0.39 is 5.91 Å². The van der Waals surface area contributed by atoms with Crippen LogP contribution < -0.4 is 22.1 Å². The van der Waals surface area contributed by atoms with Crippen molar-refractivity contribution in [2.45, 2.75) is 25.4 Å². The highest BCUT2D eigenvalue weighted by molar-refractivity contribution is 5.96. The number of nitrogens with zero attached hydrogens (tertiary/aromatic N) is 2. The molecule has 8 heteroatoms. The summed E-state index contributed by atoms with van der Waals surface area (Å²) in [6.45, 7) is 3.14. The Labute approximate surface area is 146 Å². The first-order valence-corrected chi connectivity index (χ1v) is 8.13. The Hall–Kier alpha value is -2.71. The van der Waals surface area contributed by atoms with Crippen LogP contribution in [0.4, 0.5) is 17.3 Å². The number of carbonyl (C=O) groups excluding carboxylic acids is 1. The van der Waals surface area contributed by atoms with Gasteiger partial charge in [0.05, 0.1) is 12.8 Å². The molecule has 0 spiro atoms. The minimum absolute atomic E-state index is 0.0368.